The van der Waals surface area contributed by atoms with Crippen LogP contribution in [0.1, 0.15) is 75.6 Å². The topological polar surface area (TPSA) is 123 Å². The Morgan fingerprint density at radius 2 is 1.62 bits per heavy atom. The van der Waals surface area contributed by atoms with Gasteiger partial charge in [-0.25, -0.2) is 4.98 Å². The molecule has 2 heterocycles. The van der Waals surface area contributed by atoms with Crippen LogP contribution in [0.3, 0.4) is 0 Å². The maximum absolute atomic E-state index is 13.2. The standard InChI is InChI=1S/C25H38N6O/c1-15-21(16(2)31-30-15)19-13-14-20(28-24(19)27)29-25(32)23(26)22(17-9-5-3-6-10-17)18-11-7-4-8-12-18/h13-14,17-18,22-23H,3-12,26H2,1-2H3,(H,30,31)(H3,27,28,29,32)/t23-/m0/s1. The van der Waals surface area contributed by atoms with Crippen molar-refractivity contribution in [3.8, 4) is 11.1 Å². The van der Waals surface area contributed by atoms with Gasteiger partial charge in [-0.3, -0.25) is 9.89 Å². The zero-order chi connectivity index (χ0) is 22.7. The van der Waals surface area contributed by atoms with Crippen molar-refractivity contribution < 1.29 is 4.79 Å². The van der Waals surface area contributed by atoms with E-state index < -0.39 is 6.04 Å². The Bertz CT molecular complexity index is 889. The number of H-pyrrole nitrogens is 1. The van der Waals surface area contributed by atoms with Gasteiger partial charge < -0.3 is 16.8 Å². The molecule has 6 N–H and O–H groups in total. The van der Waals surface area contributed by atoms with Crippen LogP contribution >= 0.6 is 0 Å². The van der Waals surface area contributed by atoms with E-state index in [2.05, 4.69) is 20.5 Å². The number of amides is 1. The van der Waals surface area contributed by atoms with Gasteiger partial charge in [0.15, 0.2) is 0 Å². The van der Waals surface area contributed by atoms with Gasteiger partial charge in [0.1, 0.15) is 11.6 Å². The molecule has 0 saturated heterocycles. The molecule has 2 aromatic rings. The molecule has 2 aliphatic carbocycles. The first kappa shape index (κ1) is 22.8. The molecule has 0 aliphatic heterocycles. The van der Waals surface area contributed by atoms with E-state index in [9.17, 15) is 4.79 Å². The molecular weight excluding hydrogens is 400 g/mol. The minimum atomic E-state index is -0.512. The summed E-state index contributed by atoms with van der Waals surface area (Å²) in [7, 11) is 0. The Labute approximate surface area is 191 Å². The summed E-state index contributed by atoms with van der Waals surface area (Å²) in [5.41, 5.74) is 16.5. The fourth-order valence-electron chi connectivity index (χ4n) is 6.10. The number of carbonyl (C=O) groups excluding carboxylic acids is 1. The number of nitrogens with one attached hydrogen (secondary N) is 2. The number of rotatable bonds is 6. The third-order valence-corrected chi connectivity index (χ3v) is 7.68. The first-order valence-corrected chi connectivity index (χ1v) is 12.3. The zero-order valence-corrected chi connectivity index (χ0v) is 19.5. The first-order valence-electron chi connectivity index (χ1n) is 12.3. The summed E-state index contributed by atoms with van der Waals surface area (Å²) in [5.74, 6) is 2.06. The van der Waals surface area contributed by atoms with Crippen molar-refractivity contribution in [1.29, 1.82) is 0 Å². The summed E-state index contributed by atoms with van der Waals surface area (Å²) >= 11 is 0. The molecule has 4 rings (SSSR count). The molecule has 7 heteroatoms. The summed E-state index contributed by atoms with van der Waals surface area (Å²) in [6.07, 6.45) is 12.4. The largest absolute Gasteiger partial charge is 0.383 e. The molecule has 2 aromatic heterocycles. The lowest BCUT2D eigenvalue weighted by Crippen LogP contribution is -2.48. The summed E-state index contributed by atoms with van der Waals surface area (Å²) in [6.45, 7) is 3.89. The van der Waals surface area contributed by atoms with Crippen LogP contribution in [0.25, 0.3) is 11.1 Å². The van der Waals surface area contributed by atoms with Gasteiger partial charge in [-0.1, -0.05) is 64.2 Å². The summed E-state index contributed by atoms with van der Waals surface area (Å²) in [5, 5.41) is 10.2. The minimum absolute atomic E-state index is 0.138. The van der Waals surface area contributed by atoms with E-state index in [-0.39, 0.29) is 11.8 Å². The van der Waals surface area contributed by atoms with Gasteiger partial charge in [0.25, 0.3) is 0 Å². The van der Waals surface area contributed by atoms with Crippen LogP contribution in [-0.4, -0.2) is 27.1 Å². The Hall–Kier alpha value is -2.41. The van der Waals surface area contributed by atoms with Gasteiger partial charge in [-0.05, 0) is 43.7 Å². The van der Waals surface area contributed by atoms with Crippen LogP contribution in [-0.2, 0) is 4.79 Å². The molecule has 174 valence electrons. The third kappa shape index (κ3) is 4.82. The van der Waals surface area contributed by atoms with Crippen molar-refractivity contribution in [2.75, 3.05) is 11.1 Å². The number of hydrogen-bond acceptors (Lipinski definition) is 5. The highest BCUT2D eigenvalue weighted by Gasteiger charge is 2.38. The van der Waals surface area contributed by atoms with Crippen molar-refractivity contribution in [2.45, 2.75) is 84.1 Å². The van der Waals surface area contributed by atoms with E-state index in [1.54, 1.807) is 6.07 Å². The average molecular weight is 439 g/mol. The summed E-state index contributed by atoms with van der Waals surface area (Å²) in [6, 6.07) is 3.19. The van der Waals surface area contributed by atoms with Crippen molar-refractivity contribution in [2.24, 2.45) is 23.5 Å². The Morgan fingerprint density at radius 1 is 1.03 bits per heavy atom. The van der Waals surface area contributed by atoms with Gasteiger partial charge in [0.05, 0.1) is 11.7 Å². The number of carbonyl (C=O) groups is 1. The van der Waals surface area contributed by atoms with Gasteiger partial charge >= 0.3 is 0 Å². The number of nitrogen functional groups attached to an aromatic ring is 1. The number of nitrogens with zero attached hydrogens (tertiary/aromatic N) is 2. The van der Waals surface area contributed by atoms with E-state index in [4.69, 9.17) is 11.5 Å². The number of hydrogen-bond donors (Lipinski definition) is 4. The second-order valence-electron chi connectivity index (χ2n) is 9.83. The van der Waals surface area contributed by atoms with Gasteiger partial charge in [0.2, 0.25) is 5.91 Å². The minimum Gasteiger partial charge on any atom is -0.383 e. The third-order valence-electron chi connectivity index (χ3n) is 7.68. The second kappa shape index (κ2) is 10.0. The predicted octanol–water partition coefficient (Wildman–Crippen LogP) is 4.71. The van der Waals surface area contributed by atoms with Crippen molar-refractivity contribution in [3.63, 3.8) is 0 Å². The summed E-state index contributed by atoms with van der Waals surface area (Å²) < 4.78 is 0. The lowest BCUT2D eigenvalue weighted by molar-refractivity contribution is -0.120. The molecule has 32 heavy (non-hydrogen) atoms. The quantitative estimate of drug-likeness (QED) is 0.520. The molecule has 0 radical (unpaired) electrons. The fourth-order valence-corrected chi connectivity index (χ4v) is 6.10. The molecule has 0 bridgehead atoms. The highest BCUT2D eigenvalue weighted by molar-refractivity contribution is 5.94. The molecule has 2 saturated carbocycles. The van der Waals surface area contributed by atoms with Crippen LogP contribution in [0.5, 0.6) is 0 Å². The SMILES string of the molecule is Cc1n[nH]c(C)c1-c1ccc(NC(=O)[C@@H](N)C(C2CCCCC2)C2CCCCC2)nc1N. The van der Waals surface area contributed by atoms with Crippen molar-refractivity contribution in [1.82, 2.24) is 15.2 Å². The molecule has 0 aromatic carbocycles. The lowest BCUT2D eigenvalue weighted by atomic mass is 9.66. The maximum Gasteiger partial charge on any atom is 0.242 e. The number of anilines is 2. The van der Waals surface area contributed by atoms with Crippen LogP contribution in [0.4, 0.5) is 11.6 Å². The number of aromatic amines is 1. The van der Waals surface area contributed by atoms with Crippen LogP contribution in [0.2, 0.25) is 0 Å². The Balaban J connectivity index is 1.50. The number of pyridine rings is 1. The fraction of sp³-hybridized carbons (Fsp3) is 0.640. The van der Waals surface area contributed by atoms with E-state index in [0.29, 0.717) is 23.5 Å². The zero-order valence-electron chi connectivity index (χ0n) is 19.5. The number of aryl methyl sites for hydroxylation is 2. The Morgan fingerprint density at radius 3 is 2.12 bits per heavy atom. The highest BCUT2D eigenvalue weighted by atomic mass is 16.2. The summed E-state index contributed by atoms with van der Waals surface area (Å²) in [4.78, 5) is 17.7. The van der Waals surface area contributed by atoms with Crippen LogP contribution in [0.15, 0.2) is 12.1 Å². The molecule has 0 spiro atoms. The Kier molecular flexibility index (Phi) is 7.13. The van der Waals surface area contributed by atoms with Crippen molar-refractivity contribution in [3.05, 3.63) is 23.5 Å². The van der Waals surface area contributed by atoms with E-state index in [1.165, 1.54) is 64.2 Å². The molecule has 1 amide bonds. The lowest BCUT2D eigenvalue weighted by Gasteiger charge is -2.40. The molecule has 1 atom stereocenters. The number of nitrogens with two attached hydrogens (primary N) is 2. The maximum atomic E-state index is 13.2. The van der Waals surface area contributed by atoms with Crippen molar-refractivity contribution >= 4 is 17.5 Å². The monoisotopic (exact) mass is 438 g/mol. The molecule has 2 fully saturated rings. The van der Waals surface area contributed by atoms with E-state index in [0.717, 1.165) is 22.5 Å². The van der Waals surface area contributed by atoms with Crippen LogP contribution in [0, 0.1) is 31.6 Å². The number of aromatic nitrogens is 3. The average Bonchev–Trinajstić information content (AvgIpc) is 3.13. The smallest absolute Gasteiger partial charge is 0.242 e. The highest BCUT2D eigenvalue weighted by Crippen LogP contribution is 2.41. The van der Waals surface area contributed by atoms with Gasteiger partial charge in [-0.2, -0.15) is 5.10 Å². The normalized spacial score (nSPS) is 19.2. The molecular formula is C25H38N6O. The molecule has 0 unspecified atom stereocenters. The molecule has 7 nitrogen and oxygen atoms in total. The van der Waals surface area contributed by atoms with Gasteiger partial charge in [-0.15, -0.1) is 0 Å². The van der Waals surface area contributed by atoms with E-state index >= 15 is 0 Å². The first-order chi connectivity index (χ1) is 15.5. The van der Waals surface area contributed by atoms with E-state index in [1.807, 2.05) is 19.9 Å². The second-order valence-corrected chi connectivity index (χ2v) is 9.83. The van der Waals surface area contributed by atoms with Crippen LogP contribution < -0.4 is 16.8 Å². The predicted molar refractivity (Wildman–Crippen MR) is 129 cm³/mol. The van der Waals surface area contributed by atoms with Gasteiger partial charge in [0, 0.05) is 16.8 Å². The molecule has 2 aliphatic rings.